The van der Waals surface area contributed by atoms with Gasteiger partial charge >= 0.3 is 6.09 Å². The van der Waals surface area contributed by atoms with Crippen molar-refractivity contribution in [3.8, 4) is 0 Å². The number of aromatic nitrogens is 1. The number of imide groups is 1. The summed E-state index contributed by atoms with van der Waals surface area (Å²) < 4.78 is 0. The first-order valence-corrected chi connectivity index (χ1v) is 9.02. The van der Waals surface area contributed by atoms with Crippen molar-refractivity contribution in [1.82, 2.24) is 15.2 Å². The lowest BCUT2D eigenvalue weighted by Gasteiger charge is -2.29. The highest BCUT2D eigenvalue weighted by molar-refractivity contribution is 6.34. The summed E-state index contributed by atoms with van der Waals surface area (Å²) in [7, 11) is 0. The van der Waals surface area contributed by atoms with Crippen LogP contribution in [-0.4, -0.2) is 39.4 Å². The fraction of sp³-hybridized carbons (Fsp3) is 0.150. The lowest BCUT2D eigenvalue weighted by Crippen LogP contribution is -2.36. The van der Waals surface area contributed by atoms with Crippen molar-refractivity contribution in [1.29, 1.82) is 0 Å². The second-order valence-corrected chi connectivity index (χ2v) is 7.02. The number of aromatic amines is 1. The Morgan fingerprint density at radius 2 is 1.93 bits per heavy atom. The molecule has 0 atom stereocenters. The van der Waals surface area contributed by atoms with Crippen LogP contribution in [0.4, 0.5) is 4.79 Å². The topological polar surface area (TPSA) is 102 Å². The monoisotopic (exact) mass is 397 g/mol. The molecule has 0 saturated carbocycles. The number of nitrogens with zero attached hydrogens (tertiary/aromatic N) is 1. The number of H-pyrrole nitrogens is 1. The Morgan fingerprint density at radius 1 is 1.11 bits per heavy atom. The van der Waals surface area contributed by atoms with Gasteiger partial charge in [0.15, 0.2) is 0 Å². The molecule has 3 aromatic rings. The van der Waals surface area contributed by atoms with Gasteiger partial charge in [-0.3, -0.25) is 14.9 Å². The maximum absolute atomic E-state index is 12.9. The number of benzene rings is 2. The van der Waals surface area contributed by atoms with Crippen molar-refractivity contribution in [2.45, 2.75) is 13.0 Å². The van der Waals surface area contributed by atoms with Gasteiger partial charge in [0, 0.05) is 30.4 Å². The molecule has 3 N–H and O–H groups in total. The molecule has 4 rings (SSSR count). The van der Waals surface area contributed by atoms with Gasteiger partial charge < -0.3 is 15.0 Å². The number of hydrogen-bond acceptors (Lipinski definition) is 3. The average Bonchev–Trinajstić information content (AvgIpc) is 3.13. The van der Waals surface area contributed by atoms with Gasteiger partial charge in [-0.25, -0.2) is 4.79 Å². The molecule has 2 aromatic carbocycles. The van der Waals surface area contributed by atoms with E-state index in [4.69, 9.17) is 16.7 Å². The lowest BCUT2D eigenvalue weighted by atomic mass is 9.96. The molecule has 0 radical (unpaired) electrons. The van der Waals surface area contributed by atoms with Gasteiger partial charge in [-0.1, -0.05) is 17.7 Å². The Labute approximate surface area is 164 Å². The molecule has 142 valence electrons. The van der Waals surface area contributed by atoms with E-state index < -0.39 is 12.0 Å². The molecule has 28 heavy (non-hydrogen) atoms. The maximum Gasteiger partial charge on any atom is 0.411 e. The molecular formula is C20H16ClN3O4. The van der Waals surface area contributed by atoms with Crippen molar-refractivity contribution in [3.05, 3.63) is 69.9 Å². The fourth-order valence-corrected chi connectivity index (χ4v) is 3.73. The third-order valence-corrected chi connectivity index (χ3v) is 5.17. The van der Waals surface area contributed by atoms with Crippen LogP contribution in [0.2, 0.25) is 5.02 Å². The van der Waals surface area contributed by atoms with E-state index >= 15 is 0 Å². The van der Waals surface area contributed by atoms with Gasteiger partial charge in [0.2, 0.25) is 0 Å². The lowest BCUT2D eigenvalue weighted by molar-refractivity contribution is 0.0734. The second kappa shape index (κ2) is 7.01. The molecule has 0 saturated heterocycles. The predicted octanol–water partition coefficient (Wildman–Crippen LogP) is 3.43. The standard InChI is InChI=1S/C20H16ClN3O4/c21-16-8-14-10-24(6-4-12(14)7-15(16)18(25)23-20(27)28)19(26)13-2-1-11-3-5-22-17(11)9-13/h1-3,5,7-9,22H,4,6,10H2,(H,23,25)(H,27,28). The largest absolute Gasteiger partial charge is 0.465 e. The summed E-state index contributed by atoms with van der Waals surface area (Å²) in [4.78, 5) is 40.4. The summed E-state index contributed by atoms with van der Waals surface area (Å²) in [5, 5.41) is 11.7. The molecule has 0 aliphatic carbocycles. The van der Waals surface area contributed by atoms with Gasteiger partial charge in [-0.2, -0.15) is 0 Å². The second-order valence-electron chi connectivity index (χ2n) is 6.62. The molecule has 8 heteroatoms. The summed E-state index contributed by atoms with van der Waals surface area (Å²) >= 11 is 6.18. The number of hydrogen-bond donors (Lipinski definition) is 3. The van der Waals surface area contributed by atoms with Crippen LogP contribution in [0.5, 0.6) is 0 Å². The van der Waals surface area contributed by atoms with E-state index in [9.17, 15) is 14.4 Å². The Kier molecular flexibility index (Phi) is 4.52. The first-order valence-electron chi connectivity index (χ1n) is 8.64. The summed E-state index contributed by atoms with van der Waals surface area (Å²) in [5.74, 6) is -0.843. The number of amides is 3. The van der Waals surface area contributed by atoms with Gasteiger partial charge in [-0.15, -0.1) is 0 Å². The highest BCUT2D eigenvalue weighted by Crippen LogP contribution is 2.27. The Balaban J connectivity index is 1.57. The molecule has 0 spiro atoms. The highest BCUT2D eigenvalue weighted by atomic mass is 35.5. The minimum atomic E-state index is -1.44. The Morgan fingerprint density at radius 3 is 2.71 bits per heavy atom. The number of carbonyl (C=O) groups excluding carboxylic acids is 2. The third kappa shape index (κ3) is 3.32. The summed E-state index contributed by atoms with van der Waals surface area (Å²) in [6, 6.07) is 10.7. The highest BCUT2D eigenvalue weighted by Gasteiger charge is 2.24. The van der Waals surface area contributed by atoms with Crippen molar-refractivity contribution >= 4 is 40.4 Å². The first kappa shape index (κ1) is 18.1. The van der Waals surface area contributed by atoms with E-state index in [2.05, 4.69) is 4.98 Å². The van der Waals surface area contributed by atoms with Crippen molar-refractivity contribution in [3.63, 3.8) is 0 Å². The molecule has 1 aliphatic rings. The van der Waals surface area contributed by atoms with Gasteiger partial charge in [0.25, 0.3) is 11.8 Å². The minimum absolute atomic E-state index is 0.0778. The number of fused-ring (bicyclic) bond motifs is 2. The van der Waals surface area contributed by atoms with E-state index in [-0.39, 0.29) is 16.5 Å². The smallest absolute Gasteiger partial charge is 0.411 e. The average molecular weight is 398 g/mol. The molecule has 0 bridgehead atoms. The molecule has 1 aromatic heterocycles. The molecular weight excluding hydrogens is 382 g/mol. The summed E-state index contributed by atoms with van der Waals surface area (Å²) in [5.41, 5.74) is 3.34. The van der Waals surface area contributed by atoms with E-state index in [1.54, 1.807) is 28.4 Å². The van der Waals surface area contributed by atoms with Gasteiger partial charge in [-0.05, 0) is 53.3 Å². The van der Waals surface area contributed by atoms with Crippen LogP contribution in [0.15, 0.2) is 42.6 Å². The zero-order valence-corrected chi connectivity index (χ0v) is 15.4. The van der Waals surface area contributed by atoms with E-state index in [1.807, 2.05) is 24.4 Å². The fourth-order valence-electron chi connectivity index (χ4n) is 3.45. The normalized spacial score (nSPS) is 13.2. The minimum Gasteiger partial charge on any atom is -0.465 e. The molecule has 1 aliphatic heterocycles. The molecule has 7 nitrogen and oxygen atoms in total. The van der Waals surface area contributed by atoms with Crippen LogP contribution < -0.4 is 5.32 Å². The Hall–Kier alpha value is -3.32. The number of carbonyl (C=O) groups is 3. The van der Waals surface area contributed by atoms with Crippen LogP contribution in [0.3, 0.4) is 0 Å². The van der Waals surface area contributed by atoms with Crippen LogP contribution in [-0.2, 0) is 13.0 Å². The summed E-state index contributed by atoms with van der Waals surface area (Å²) in [6.45, 7) is 0.869. The van der Waals surface area contributed by atoms with Crippen molar-refractivity contribution < 1.29 is 19.5 Å². The molecule has 0 unspecified atom stereocenters. The quantitative estimate of drug-likeness (QED) is 0.616. The van der Waals surface area contributed by atoms with E-state index in [0.29, 0.717) is 25.1 Å². The Bertz CT molecular complexity index is 1120. The number of nitrogens with one attached hydrogen (secondary N) is 2. The van der Waals surface area contributed by atoms with E-state index in [1.165, 1.54) is 0 Å². The summed E-state index contributed by atoms with van der Waals surface area (Å²) in [6.07, 6.45) is 0.946. The van der Waals surface area contributed by atoms with Crippen LogP contribution >= 0.6 is 11.6 Å². The predicted molar refractivity (Wildman–Crippen MR) is 104 cm³/mol. The van der Waals surface area contributed by atoms with Crippen LogP contribution in [0.1, 0.15) is 31.8 Å². The molecule has 0 fully saturated rings. The van der Waals surface area contributed by atoms with Crippen molar-refractivity contribution in [2.24, 2.45) is 0 Å². The van der Waals surface area contributed by atoms with Crippen LogP contribution in [0.25, 0.3) is 10.9 Å². The van der Waals surface area contributed by atoms with Crippen molar-refractivity contribution in [2.75, 3.05) is 6.54 Å². The first-order chi connectivity index (χ1) is 13.4. The van der Waals surface area contributed by atoms with E-state index in [0.717, 1.165) is 22.0 Å². The zero-order chi connectivity index (χ0) is 19.8. The zero-order valence-electron chi connectivity index (χ0n) is 14.7. The number of carboxylic acid groups (broad SMARTS) is 1. The van der Waals surface area contributed by atoms with Gasteiger partial charge in [0.1, 0.15) is 0 Å². The number of rotatable bonds is 2. The maximum atomic E-state index is 12.9. The molecule has 3 amide bonds. The molecule has 2 heterocycles. The third-order valence-electron chi connectivity index (χ3n) is 4.86. The van der Waals surface area contributed by atoms with Crippen LogP contribution in [0, 0.1) is 0 Å². The van der Waals surface area contributed by atoms with Gasteiger partial charge in [0.05, 0.1) is 10.6 Å². The SMILES string of the molecule is O=C(O)NC(=O)c1cc2c(cc1Cl)CN(C(=O)c1ccc3cc[nH]c3c1)CC2. The number of halogens is 1.